The normalized spacial score (nSPS) is 12.1. The van der Waals surface area contributed by atoms with E-state index in [1.807, 2.05) is 25.1 Å². The number of ether oxygens (including phenoxy) is 2. The Morgan fingerprint density at radius 3 is 2.89 bits per heavy atom. The van der Waals surface area contributed by atoms with Crippen molar-refractivity contribution in [2.45, 2.75) is 26.4 Å². The van der Waals surface area contributed by atoms with Crippen LogP contribution >= 0.6 is 0 Å². The highest BCUT2D eigenvalue weighted by molar-refractivity contribution is 5.94. The average Bonchev–Trinajstić information content (AvgIpc) is 3.12. The summed E-state index contributed by atoms with van der Waals surface area (Å²) in [7, 11) is 1.56. The first-order valence-corrected chi connectivity index (χ1v) is 9.16. The first-order chi connectivity index (χ1) is 13.5. The van der Waals surface area contributed by atoms with E-state index in [2.05, 4.69) is 15.5 Å². The summed E-state index contributed by atoms with van der Waals surface area (Å²) in [6.45, 7) is 4.61. The quantitative estimate of drug-likeness (QED) is 0.433. The Kier molecular flexibility index (Phi) is 6.26. The lowest BCUT2D eigenvalue weighted by Gasteiger charge is -2.14. The zero-order valence-electron chi connectivity index (χ0n) is 16.2. The number of amides is 1. The number of halogens is 1. The van der Waals surface area contributed by atoms with Gasteiger partial charge in [0.05, 0.1) is 18.2 Å². The van der Waals surface area contributed by atoms with Gasteiger partial charge in [-0.15, -0.1) is 0 Å². The standard InChI is InChI=1S/C21H24FN3O3/c1-13-9-15(10-17(20(13)22)14(2)27-3)21-18-11-16(5-6-19(18)24-25-21)28-8-4-7-23-12-26/h5-6,9-12,14H,4,7-8H2,1-3H3,(H,23,26)(H,24,25). The lowest BCUT2D eigenvalue weighted by molar-refractivity contribution is -0.109. The maximum atomic E-state index is 14.5. The molecule has 0 aliphatic heterocycles. The topological polar surface area (TPSA) is 76.2 Å². The molecule has 0 saturated heterocycles. The number of H-pyrrole nitrogens is 1. The molecule has 1 heterocycles. The van der Waals surface area contributed by atoms with Crippen molar-refractivity contribution in [1.29, 1.82) is 0 Å². The third-order valence-corrected chi connectivity index (χ3v) is 4.70. The van der Waals surface area contributed by atoms with Crippen LogP contribution in [0.2, 0.25) is 0 Å². The van der Waals surface area contributed by atoms with Gasteiger partial charge in [0.25, 0.3) is 0 Å². The third kappa shape index (κ3) is 4.14. The number of methoxy groups -OCH3 is 1. The number of aromatic nitrogens is 2. The third-order valence-electron chi connectivity index (χ3n) is 4.70. The number of fused-ring (bicyclic) bond motifs is 1. The second kappa shape index (κ2) is 8.84. The number of carbonyl (C=O) groups is 1. The van der Waals surface area contributed by atoms with Gasteiger partial charge in [-0.25, -0.2) is 4.39 Å². The van der Waals surface area contributed by atoms with Crippen LogP contribution in [0.3, 0.4) is 0 Å². The highest BCUT2D eigenvalue weighted by Gasteiger charge is 2.17. The van der Waals surface area contributed by atoms with Gasteiger partial charge in [-0.3, -0.25) is 9.89 Å². The highest BCUT2D eigenvalue weighted by atomic mass is 19.1. The van der Waals surface area contributed by atoms with Crippen LogP contribution in [-0.4, -0.2) is 36.9 Å². The number of aryl methyl sites for hydroxylation is 1. The molecule has 1 atom stereocenters. The molecule has 0 aliphatic rings. The van der Waals surface area contributed by atoms with Crippen LogP contribution in [0.4, 0.5) is 4.39 Å². The Morgan fingerprint density at radius 1 is 1.32 bits per heavy atom. The minimum Gasteiger partial charge on any atom is -0.494 e. The van der Waals surface area contributed by atoms with Crippen molar-refractivity contribution in [3.63, 3.8) is 0 Å². The second-order valence-electron chi connectivity index (χ2n) is 6.63. The summed E-state index contributed by atoms with van der Waals surface area (Å²) in [5.41, 5.74) is 3.46. The fraction of sp³-hybridized carbons (Fsp3) is 0.333. The number of nitrogens with zero attached hydrogens (tertiary/aromatic N) is 1. The zero-order chi connectivity index (χ0) is 20.1. The molecule has 0 fully saturated rings. The molecule has 3 rings (SSSR count). The van der Waals surface area contributed by atoms with Crippen LogP contribution in [0.5, 0.6) is 5.75 Å². The first-order valence-electron chi connectivity index (χ1n) is 9.16. The minimum atomic E-state index is -0.359. The largest absolute Gasteiger partial charge is 0.494 e. The van der Waals surface area contributed by atoms with Crippen LogP contribution in [-0.2, 0) is 9.53 Å². The summed E-state index contributed by atoms with van der Waals surface area (Å²) in [5.74, 6) is 0.455. The molecule has 148 valence electrons. The molecular formula is C21H24FN3O3. The molecule has 28 heavy (non-hydrogen) atoms. The summed E-state index contributed by atoms with van der Waals surface area (Å²) in [6, 6.07) is 9.26. The van der Waals surface area contributed by atoms with Crippen LogP contribution in [0.1, 0.15) is 30.6 Å². The molecule has 0 bridgehead atoms. The maximum Gasteiger partial charge on any atom is 0.207 e. The van der Waals surface area contributed by atoms with Gasteiger partial charge in [-0.1, -0.05) is 0 Å². The summed E-state index contributed by atoms with van der Waals surface area (Å²) < 4.78 is 25.6. The summed E-state index contributed by atoms with van der Waals surface area (Å²) >= 11 is 0. The monoisotopic (exact) mass is 385 g/mol. The van der Waals surface area contributed by atoms with Crippen molar-refractivity contribution in [3.8, 4) is 17.0 Å². The van der Waals surface area contributed by atoms with Crippen LogP contribution in [0, 0.1) is 12.7 Å². The number of carbonyl (C=O) groups excluding carboxylic acids is 1. The first kappa shape index (κ1) is 19.8. The number of hydrogen-bond donors (Lipinski definition) is 2. The minimum absolute atomic E-state index is 0.258. The number of aromatic amines is 1. The molecule has 0 radical (unpaired) electrons. The number of hydrogen-bond acceptors (Lipinski definition) is 4. The van der Waals surface area contributed by atoms with Gasteiger partial charge in [0.15, 0.2) is 0 Å². The molecule has 1 unspecified atom stereocenters. The molecule has 7 heteroatoms. The Balaban J connectivity index is 1.92. The number of benzene rings is 2. The Hall–Kier alpha value is -2.93. The van der Waals surface area contributed by atoms with Gasteiger partial charge in [0.2, 0.25) is 6.41 Å². The van der Waals surface area contributed by atoms with E-state index >= 15 is 0 Å². The Labute approximate surface area is 163 Å². The van der Waals surface area contributed by atoms with E-state index in [1.165, 1.54) is 0 Å². The van der Waals surface area contributed by atoms with Crippen molar-refractivity contribution in [2.75, 3.05) is 20.3 Å². The fourth-order valence-electron chi connectivity index (χ4n) is 3.08. The Bertz CT molecular complexity index is 971. The van der Waals surface area contributed by atoms with Gasteiger partial charge in [-0.05, 0) is 56.2 Å². The van der Waals surface area contributed by atoms with Gasteiger partial charge >= 0.3 is 0 Å². The van der Waals surface area contributed by atoms with Crippen LogP contribution in [0.15, 0.2) is 30.3 Å². The van der Waals surface area contributed by atoms with Crippen molar-refractivity contribution in [2.24, 2.45) is 0 Å². The SMILES string of the molecule is COC(C)c1cc(-c2n[nH]c3ccc(OCCCNC=O)cc23)cc(C)c1F. The number of nitrogens with one attached hydrogen (secondary N) is 2. The summed E-state index contributed by atoms with van der Waals surface area (Å²) in [4.78, 5) is 10.3. The molecule has 1 aromatic heterocycles. The van der Waals surface area contributed by atoms with Gasteiger partial charge in [-0.2, -0.15) is 5.10 Å². The fourth-order valence-corrected chi connectivity index (χ4v) is 3.08. The molecule has 0 spiro atoms. The predicted octanol–water partition coefficient (Wildman–Crippen LogP) is 3.90. The average molecular weight is 385 g/mol. The molecule has 2 aromatic carbocycles. The van der Waals surface area contributed by atoms with Crippen LogP contribution in [0.25, 0.3) is 22.2 Å². The highest BCUT2D eigenvalue weighted by Crippen LogP contribution is 2.33. The van der Waals surface area contributed by atoms with E-state index in [9.17, 15) is 9.18 Å². The van der Waals surface area contributed by atoms with Gasteiger partial charge < -0.3 is 14.8 Å². The zero-order valence-corrected chi connectivity index (χ0v) is 16.2. The second-order valence-corrected chi connectivity index (χ2v) is 6.63. The molecule has 0 saturated carbocycles. The molecule has 0 aliphatic carbocycles. The molecule has 1 amide bonds. The lowest BCUT2D eigenvalue weighted by atomic mass is 9.99. The van der Waals surface area contributed by atoms with E-state index in [0.29, 0.717) is 42.9 Å². The molecular weight excluding hydrogens is 361 g/mol. The molecule has 6 nitrogen and oxygen atoms in total. The van der Waals surface area contributed by atoms with Crippen molar-refractivity contribution < 1.29 is 18.7 Å². The van der Waals surface area contributed by atoms with Crippen molar-refractivity contribution in [1.82, 2.24) is 15.5 Å². The molecule has 3 aromatic rings. The van der Waals surface area contributed by atoms with Crippen LogP contribution < -0.4 is 10.1 Å². The van der Waals surface area contributed by atoms with E-state index < -0.39 is 0 Å². The summed E-state index contributed by atoms with van der Waals surface area (Å²) in [6.07, 6.45) is 1.03. The van der Waals surface area contributed by atoms with E-state index in [4.69, 9.17) is 9.47 Å². The van der Waals surface area contributed by atoms with Crippen molar-refractivity contribution >= 4 is 17.3 Å². The van der Waals surface area contributed by atoms with E-state index in [0.717, 1.165) is 22.2 Å². The van der Waals surface area contributed by atoms with Gasteiger partial charge in [0, 0.05) is 30.2 Å². The lowest BCUT2D eigenvalue weighted by Crippen LogP contribution is -2.14. The van der Waals surface area contributed by atoms with Gasteiger partial charge in [0.1, 0.15) is 17.3 Å². The maximum absolute atomic E-state index is 14.5. The van der Waals surface area contributed by atoms with E-state index in [1.54, 1.807) is 26.2 Å². The molecule has 2 N–H and O–H groups in total. The smallest absolute Gasteiger partial charge is 0.207 e. The van der Waals surface area contributed by atoms with E-state index in [-0.39, 0.29) is 11.9 Å². The van der Waals surface area contributed by atoms with Crippen molar-refractivity contribution in [3.05, 3.63) is 47.3 Å². The Morgan fingerprint density at radius 2 is 2.14 bits per heavy atom. The summed E-state index contributed by atoms with van der Waals surface area (Å²) in [5, 5.41) is 10.9. The predicted molar refractivity (Wildman–Crippen MR) is 106 cm³/mol. The number of rotatable bonds is 9.